The quantitative estimate of drug-likeness (QED) is 0.623. The normalized spacial score (nSPS) is 20.3. The number of halogens is 1. The summed E-state index contributed by atoms with van der Waals surface area (Å²) in [6.07, 6.45) is 0.738. The van der Waals surface area contributed by atoms with Gasteiger partial charge in [0.2, 0.25) is 0 Å². The Morgan fingerprint density at radius 2 is 2.00 bits per heavy atom. The molecule has 0 rings (SSSR count). The highest BCUT2D eigenvalue weighted by atomic mass is 32.3. The minimum Gasteiger partial charge on any atom is -0.308 e. The summed E-state index contributed by atoms with van der Waals surface area (Å²) in [5.41, 5.74) is 0. The van der Waals surface area contributed by atoms with E-state index >= 15 is 0 Å². The lowest BCUT2D eigenvalue weighted by molar-refractivity contribution is 0.364. The number of hydrogen-bond donors (Lipinski definition) is 2. The van der Waals surface area contributed by atoms with Gasteiger partial charge in [0.25, 0.3) is 0 Å². The van der Waals surface area contributed by atoms with Crippen molar-refractivity contribution in [3.05, 3.63) is 0 Å². The molecule has 1 unspecified atom stereocenters. The maximum atomic E-state index is 11.6. The smallest absolute Gasteiger partial charge is 0.106 e. The highest BCUT2D eigenvalue weighted by Crippen LogP contribution is 2.18. The summed E-state index contributed by atoms with van der Waals surface area (Å²) in [7, 11) is -4.61. The van der Waals surface area contributed by atoms with E-state index in [4.69, 9.17) is 9.11 Å². The number of rotatable bonds is 2. The molecular formula is C4H11FO3S. The number of hydrogen-bond acceptors (Lipinski definition) is 1. The zero-order valence-electron chi connectivity index (χ0n) is 5.37. The molecule has 5 heteroatoms. The third-order valence-electron chi connectivity index (χ3n) is 1.14. The van der Waals surface area contributed by atoms with Crippen LogP contribution in [0.25, 0.3) is 0 Å². The molecule has 0 aliphatic carbocycles. The molecule has 0 fully saturated rings. The van der Waals surface area contributed by atoms with Crippen LogP contribution in [-0.2, 0) is 9.63 Å². The van der Waals surface area contributed by atoms with Crippen molar-refractivity contribution in [2.45, 2.75) is 12.2 Å². The molecule has 0 saturated carbocycles. The third kappa shape index (κ3) is 2.88. The molecule has 0 spiro atoms. The van der Waals surface area contributed by atoms with E-state index in [1.165, 1.54) is 6.92 Å². The molecule has 0 aromatic heterocycles. The van der Waals surface area contributed by atoms with Gasteiger partial charge in [0.05, 0.1) is 14.9 Å². The molecule has 1 atom stereocenters. The standard InChI is InChI=1S/C4H11FO3S/c1-4(3-5)9(2,6,7)8/h4H,3H2,1-2H3,(H2,6,7,8). The molecule has 0 saturated heterocycles. The van der Waals surface area contributed by atoms with Crippen LogP contribution in [0.15, 0.2) is 0 Å². The second-order valence-corrected chi connectivity index (χ2v) is 5.69. The second kappa shape index (κ2) is 2.00. The van der Waals surface area contributed by atoms with Gasteiger partial charge in [0.15, 0.2) is 0 Å². The summed E-state index contributed by atoms with van der Waals surface area (Å²) in [6, 6.07) is 0. The first-order valence-corrected chi connectivity index (χ1v) is 4.78. The van der Waals surface area contributed by atoms with Crippen LogP contribution in [0.1, 0.15) is 6.92 Å². The molecule has 0 aromatic carbocycles. The predicted octanol–water partition coefficient (Wildman–Crippen LogP) is 0.740. The average molecular weight is 158 g/mol. The van der Waals surface area contributed by atoms with E-state index in [1.54, 1.807) is 0 Å². The highest BCUT2D eigenvalue weighted by molar-refractivity contribution is 8.10. The van der Waals surface area contributed by atoms with Gasteiger partial charge in [-0.15, -0.1) is 0 Å². The first-order valence-electron chi connectivity index (χ1n) is 2.43. The molecule has 0 amide bonds. The van der Waals surface area contributed by atoms with E-state index in [0.29, 0.717) is 0 Å². The van der Waals surface area contributed by atoms with Crippen LogP contribution in [0, 0.1) is 0 Å². The van der Waals surface area contributed by atoms with Crippen LogP contribution in [-0.4, -0.2) is 31.5 Å². The first-order chi connectivity index (χ1) is 3.74. The van der Waals surface area contributed by atoms with Crippen molar-refractivity contribution >= 4 is 9.63 Å². The monoisotopic (exact) mass is 158 g/mol. The van der Waals surface area contributed by atoms with Crippen molar-refractivity contribution in [1.29, 1.82) is 0 Å². The molecule has 2 N–H and O–H groups in total. The van der Waals surface area contributed by atoms with E-state index in [1.807, 2.05) is 0 Å². The van der Waals surface area contributed by atoms with Gasteiger partial charge in [-0.3, -0.25) is 0 Å². The lowest BCUT2D eigenvalue weighted by Gasteiger charge is -2.30. The second-order valence-electron chi connectivity index (χ2n) is 2.27. The van der Waals surface area contributed by atoms with Crippen LogP contribution in [0.4, 0.5) is 4.39 Å². The predicted molar refractivity (Wildman–Crippen MR) is 34.8 cm³/mol. The van der Waals surface area contributed by atoms with Gasteiger partial charge in [-0.1, -0.05) is 0 Å². The summed E-state index contributed by atoms with van der Waals surface area (Å²) in [5, 5.41) is -1.21. The van der Waals surface area contributed by atoms with Gasteiger partial charge in [-0.25, -0.2) is 8.60 Å². The molecule has 9 heavy (non-hydrogen) atoms. The van der Waals surface area contributed by atoms with Gasteiger partial charge in [0, 0.05) is 6.26 Å². The molecule has 0 aromatic rings. The van der Waals surface area contributed by atoms with Crippen molar-refractivity contribution in [3.63, 3.8) is 0 Å². The Morgan fingerprint density at radius 3 is 2.00 bits per heavy atom. The molecule has 0 radical (unpaired) electrons. The molecular weight excluding hydrogens is 147 g/mol. The SMILES string of the molecule is CC(CF)S(C)(=O)(O)O. The van der Waals surface area contributed by atoms with Gasteiger partial charge in [0.1, 0.15) is 6.67 Å². The Kier molecular flexibility index (Phi) is 2.00. The van der Waals surface area contributed by atoms with Crippen molar-refractivity contribution < 1.29 is 17.7 Å². The van der Waals surface area contributed by atoms with Gasteiger partial charge >= 0.3 is 0 Å². The minimum atomic E-state index is -4.61. The lowest BCUT2D eigenvalue weighted by Crippen LogP contribution is -2.41. The fourth-order valence-corrected chi connectivity index (χ4v) is 0.435. The van der Waals surface area contributed by atoms with Crippen molar-refractivity contribution in [1.82, 2.24) is 0 Å². The zero-order chi connectivity index (χ0) is 7.73. The van der Waals surface area contributed by atoms with Crippen molar-refractivity contribution in [3.8, 4) is 0 Å². The van der Waals surface area contributed by atoms with Gasteiger partial charge in [-0.05, 0) is 6.92 Å². The van der Waals surface area contributed by atoms with E-state index in [9.17, 15) is 8.60 Å². The maximum Gasteiger partial charge on any atom is 0.106 e. The molecule has 0 bridgehead atoms. The van der Waals surface area contributed by atoms with Gasteiger partial charge < -0.3 is 9.11 Å². The van der Waals surface area contributed by atoms with E-state index in [0.717, 1.165) is 6.26 Å². The Morgan fingerprint density at radius 1 is 1.67 bits per heavy atom. The van der Waals surface area contributed by atoms with Crippen LogP contribution in [0.3, 0.4) is 0 Å². The molecule has 0 aliphatic rings. The highest BCUT2D eigenvalue weighted by Gasteiger charge is 2.30. The Balaban J connectivity index is 4.36. The summed E-state index contributed by atoms with van der Waals surface area (Å²) in [4.78, 5) is 0. The third-order valence-corrected chi connectivity index (χ3v) is 3.12. The Bertz CT molecular complexity index is 150. The van der Waals surface area contributed by atoms with Crippen molar-refractivity contribution in [2.24, 2.45) is 0 Å². The van der Waals surface area contributed by atoms with Gasteiger partial charge in [-0.2, -0.15) is 0 Å². The van der Waals surface area contributed by atoms with Crippen LogP contribution in [0.2, 0.25) is 0 Å². The van der Waals surface area contributed by atoms with E-state index in [-0.39, 0.29) is 0 Å². The average Bonchev–Trinajstić information content (AvgIpc) is 1.60. The fraction of sp³-hybridized carbons (Fsp3) is 1.00. The molecule has 0 heterocycles. The fourth-order valence-electron chi connectivity index (χ4n) is 0.145. The van der Waals surface area contributed by atoms with Crippen LogP contribution in [0.5, 0.6) is 0 Å². The summed E-state index contributed by atoms with van der Waals surface area (Å²) in [6.45, 7) is 0.184. The maximum absolute atomic E-state index is 11.6. The number of alkyl halides is 1. The first kappa shape index (κ1) is 9.00. The largest absolute Gasteiger partial charge is 0.308 e. The van der Waals surface area contributed by atoms with E-state index < -0.39 is 21.6 Å². The topological polar surface area (TPSA) is 57.5 Å². The molecule has 3 nitrogen and oxygen atoms in total. The Hall–Kier alpha value is -0.0000000000000000416. The van der Waals surface area contributed by atoms with E-state index in [2.05, 4.69) is 0 Å². The van der Waals surface area contributed by atoms with Crippen LogP contribution >= 0.6 is 0 Å². The molecule has 0 aliphatic heterocycles. The Labute approximate surface area is 53.3 Å². The van der Waals surface area contributed by atoms with Crippen LogP contribution < -0.4 is 0 Å². The summed E-state index contributed by atoms with van der Waals surface area (Å²) in [5.74, 6) is 0. The van der Waals surface area contributed by atoms with Crippen molar-refractivity contribution in [2.75, 3.05) is 12.9 Å². The molecule has 58 valence electrons. The minimum absolute atomic E-state index is 0.738. The summed E-state index contributed by atoms with van der Waals surface area (Å²) >= 11 is 0. The summed E-state index contributed by atoms with van der Waals surface area (Å²) < 4.78 is 39.5. The zero-order valence-corrected chi connectivity index (χ0v) is 6.19. The lowest BCUT2D eigenvalue weighted by atomic mass is 10.5.